The Labute approximate surface area is 142 Å². The first-order valence-electron chi connectivity index (χ1n) is 7.26. The zero-order chi connectivity index (χ0) is 17.5. The van der Waals surface area contributed by atoms with Crippen LogP contribution in [-0.4, -0.2) is 32.1 Å². The Morgan fingerprint density at radius 2 is 2.04 bits per heavy atom. The van der Waals surface area contributed by atoms with Crippen LogP contribution in [0.1, 0.15) is 31.9 Å². The molecule has 6 heteroatoms. The third kappa shape index (κ3) is 6.50. The molecule has 0 atom stereocenters. The van der Waals surface area contributed by atoms with Gasteiger partial charge >= 0.3 is 6.09 Å². The van der Waals surface area contributed by atoms with Crippen molar-refractivity contribution in [2.75, 3.05) is 20.4 Å². The number of alkyl carbamates (subject to hydrolysis) is 1. The highest BCUT2D eigenvalue weighted by molar-refractivity contribution is 6.28. The lowest BCUT2D eigenvalue weighted by Gasteiger charge is -2.20. The first kappa shape index (κ1) is 19.3. The number of methoxy groups -OCH3 is 1. The lowest BCUT2D eigenvalue weighted by molar-refractivity contribution is 0.0501. The Kier molecular flexibility index (Phi) is 7.39. The Morgan fingerprint density at radius 3 is 2.61 bits per heavy atom. The third-order valence-electron chi connectivity index (χ3n) is 2.83. The van der Waals surface area contributed by atoms with Gasteiger partial charge in [-0.3, -0.25) is 0 Å². The van der Waals surface area contributed by atoms with Gasteiger partial charge in [-0.05, 0) is 38.8 Å². The number of para-hydroxylation sites is 1. The van der Waals surface area contributed by atoms with Gasteiger partial charge in [-0.15, -0.1) is 0 Å². The molecule has 0 aromatic heterocycles. The fraction of sp³-hybridized carbons (Fsp3) is 0.471. The Balaban J connectivity index is 2.86. The third-order valence-corrected chi connectivity index (χ3v) is 3.10. The molecule has 1 N–H and O–H groups in total. The smallest absolute Gasteiger partial charge is 0.407 e. The molecule has 0 radical (unpaired) electrons. The second-order valence-electron chi connectivity index (χ2n) is 5.99. The van der Waals surface area contributed by atoms with Crippen LogP contribution in [0, 0.1) is 6.92 Å². The maximum Gasteiger partial charge on any atom is 0.407 e. The highest BCUT2D eigenvalue weighted by Gasteiger charge is 2.17. The molecule has 0 bridgehead atoms. The molecule has 0 heterocycles. The summed E-state index contributed by atoms with van der Waals surface area (Å²) in [6.07, 6.45) is -0.500. The van der Waals surface area contributed by atoms with Crippen molar-refractivity contribution in [2.45, 2.75) is 33.3 Å². The molecule has 1 aromatic carbocycles. The van der Waals surface area contributed by atoms with Gasteiger partial charge in [-0.2, -0.15) is 0 Å². The van der Waals surface area contributed by atoms with Gasteiger partial charge in [-0.1, -0.05) is 29.8 Å². The summed E-state index contributed by atoms with van der Waals surface area (Å²) in [5.74, 6) is 0.673. The van der Waals surface area contributed by atoms with Gasteiger partial charge in [0.05, 0.1) is 0 Å². The molecule has 0 fully saturated rings. The summed E-state index contributed by atoms with van der Waals surface area (Å²) < 4.78 is 15.8. The van der Waals surface area contributed by atoms with Crippen LogP contribution in [0.25, 0.3) is 5.57 Å². The molecule has 0 spiro atoms. The normalized spacial score (nSPS) is 12.0. The van der Waals surface area contributed by atoms with Crippen LogP contribution in [0.4, 0.5) is 4.79 Å². The van der Waals surface area contributed by atoms with Crippen molar-refractivity contribution < 1.29 is 19.0 Å². The molecule has 0 aliphatic carbocycles. The van der Waals surface area contributed by atoms with E-state index in [2.05, 4.69) is 5.32 Å². The zero-order valence-corrected chi connectivity index (χ0v) is 15.0. The van der Waals surface area contributed by atoms with E-state index >= 15 is 0 Å². The van der Waals surface area contributed by atoms with Crippen LogP contribution >= 0.6 is 11.6 Å². The van der Waals surface area contributed by atoms with E-state index in [1.165, 1.54) is 5.54 Å². The minimum absolute atomic E-state index is 0.132. The van der Waals surface area contributed by atoms with Crippen molar-refractivity contribution in [2.24, 2.45) is 0 Å². The predicted molar refractivity (Wildman–Crippen MR) is 91.7 cm³/mol. The number of hydrogen-bond donors (Lipinski definition) is 1. The summed E-state index contributed by atoms with van der Waals surface area (Å²) >= 11 is 5.94. The van der Waals surface area contributed by atoms with Crippen molar-refractivity contribution in [3.8, 4) is 5.75 Å². The lowest BCUT2D eigenvalue weighted by Crippen LogP contribution is -2.33. The Morgan fingerprint density at radius 1 is 1.35 bits per heavy atom. The predicted octanol–water partition coefficient (Wildman–Crippen LogP) is 4.08. The van der Waals surface area contributed by atoms with E-state index in [-0.39, 0.29) is 13.3 Å². The first-order chi connectivity index (χ1) is 10.8. The van der Waals surface area contributed by atoms with Gasteiger partial charge in [0.1, 0.15) is 11.4 Å². The zero-order valence-electron chi connectivity index (χ0n) is 14.2. The quantitative estimate of drug-likeness (QED) is 0.792. The van der Waals surface area contributed by atoms with Crippen LogP contribution < -0.4 is 10.1 Å². The van der Waals surface area contributed by atoms with Gasteiger partial charge in [0, 0.05) is 24.8 Å². The first-order valence-corrected chi connectivity index (χ1v) is 7.70. The summed E-state index contributed by atoms with van der Waals surface area (Å²) in [7, 11) is 1.56. The highest BCUT2D eigenvalue weighted by atomic mass is 35.5. The highest BCUT2D eigenvalue weighted by Crippen LogP contribution is 2.30. The maximum atomic E-state index is 11.8. The minimum Gasteiger partial charge on any atom is -0.467 e. The summed E-state index contributed by atoms with van der Waals surface area (Å²) in [5, 5.41) is 2.69. The average Bonchev–Trinajstić information content (AvgIpc) is 2.45. The fourth-order valence-corrected chi connectivity index (χ4v) is 2.08. The van der Waals surface area contributed by atoms with Gasteiger partial charge in [0.25, 0.3) is 0 Å². The van der Waals surface area contributed by atoms with Gasteiger partial charge in [0.15, 0.2) is 6.79 Å². The molecule has 5 nitrogen and oxygen atoms in total. The number of halogens is 1. The topological polar surface area (TPSA) is 56.8 Å². The van der Waals surface area contributed by atoms with E-state index in [4.69, 9.17) is 25.8 Å². The molecule has 0 aliphatic rings. The number of ether oxygens (including phenoxy) is 3. The van der Waals surface area contributed by atoms with Crippen LogP contribution in [0.3, 0.4) is 0 Å². The maximum absolute atomic E-state index is 11.8. The molecule has 0 unspecified atom stereocenters. The van der Waals surface area contributed by atoms with Crippen LogP contribution in [0.15, 0.2) is 23.7 Å². The summed E-state index contributed by atoms with van der Waals surface area (Å²) in [5.41, 5.74) is 3.34. The number of aryl methyl sites for hydroxylation is 1. The number of benzene rings is 1. The second kappa shape index (κ2) is 8.79. The van der Waals surface area contributed by atoms with E-state index in [0.717, 1.165) is 11.1 Å². The molecule has 1 aromatic rings. The molecule has 0 saturated heterocycles. The molecule has 1 amide bonds. The summed E-state index contributed by atoms with van der Waals surface area (Å²) in [6, 6.07) is 5.71. The molecule has 0 saturated carbocycles. The molecule has 0 aliphatic heterocycles. The average molecular weight is 342 g/mol. The minimum atomic E-state index is -0.551. The standard InChI is InChI=1S/C17H24ClNO4/c1-12-7-6-8-14(15(12)22-11-21-5)13(9-18)10-19-16(20)23-17(2,3)4/h6-9H,10-11H2,1-5H3,(H,19,20)/b13-9-. The Bertz CT molecular complexity index is 564. The van der Waals surface area contributed by atoms with E-state index in [9.17, 15) is 4.79 Å². The number of nitrogens with one attached hydrogen (secondary N) is 1. The van der Waals surface area contributed by atoms with E-state index in [1.54, 1.807) is 7.11 Å². The fourth-order valence-electron chi connectivity index (χ4n) is 1.89. The van der Waals surface area contributed by atoms with Crippen molar-refractivity contribution in [1.29, 1.82) is 0 Å². The molecule has 1 rings (SSSR count). The summed E-state index contributed by atoms with van der Waals surface area (Å²) in [6.45, 7) is 7.71. The summed E-state index contributed by atoms with van der Waals surface area (Å²) in [4.78, 5) is 11.8. The van der Waals surface area contributed by atoms with Crippen LogP contribution in [0.5, 0.6) is 5.75 Å². The Hall–Kier alpha value is -1.72. The van der Waals surface area contributed by atoms with Crippen LogP contribution in [0.2, 0.25) is 0 Å². The van der Waals surface area contributed by atoms with Crippen molar-refractivity contribution in [1.82, 2.24) is 5.32 Å². The molecule has 128 valence electrons. The van der Waals surface area contributed by atoms with E-state index in [1.807, 2.05) is 45.9 Å². The van der Waals surface area contributed by atoms with E-state index < -0.39 is 11.7 Å². The molecular formula is C17H24ClNO4. The number of carbonyl (C=O) groups is 1. The number of carbonyl (C=O) groups excluding carboxylic acids is 1. The SMILES string of the molecule is COCOc1c(C)cccc1/C(=C\Cl)CNC(=O)OC(C)(C)C. The monoisotopic (exact) mass is 341 g/mol. The lowest BCUT2D eigenvalue weighted by atomic mass is 10.0. The van der Waals surface area contributed by atoms with Crippen molar-refractivity contribution >= 4 is 23.3 Å². The van der Waals surface area contributed by atoms with E-state index in [0.29, 0.717) is 11.3 Å². The van der Waals surface area contributed by atoms with Gasteiger partial charge in [0.2, 0.25) is 0 Å². The number of amides is 1. The van der Waals surface area contributed by atoms with Crippen molar-refractivity contribution in [3.05, 3.63) is 34.9 Å². The number of rotatable bonds is 6. The van der Waals surface area contributed by atoms with Gasteiger partial charge in [-0.25, -0.2) is 4.79 Å². The number of hydrogen-bond acceptors (Lipinski definition) is 4. The van der Waals surface area contributed by atoms with Crippen LogP contribution in [-0.2, 0) is 9.47 Å². The second-order valence-corrected chi connectivity index (χ2v) is 6.21. The van der Waals surface area contributed by atoms with Crippen molar-refractivity contribution in [3.63, 3.8) is 0 Å². The molecule has 23 heavy (non-hydrogen) atoms. The molecular weight excluding hydrogens is 318 g/mol. The largest absolute Gasteiger partial charge is 0.467 e. The van der Waals surface area contributed by atoms with Gasteiger partial charge < -0.3 is 19.5 Å².